The molecular weight excluding hydrogens is 416 g/mol. The molecule has 7 nitrogen and oxygen atoms in total. The zero-order valence-corrected chi connectivity index (χ0v) is 16.9. The van der Waals surface area contributed by atoms with Crippen LogP contribution in [0, 0.1) is 11.6 Å². The first-order chi connectivity index (χ1) is 14.2. The summed E-state index contributed by atoms with van der Waals surface area (Å²) in [4.78, 5) is 16.8. The van der Waals surface area contributed by atoms with Crippen molar-refractivity contribution >= 4 is 21.6 Å². The van der Waals surface area contributed by atoms with E-state index in [1.807, 2.05) is 0 Å². The zero-order valence-electron chi connectivity index (χ0n) is 16.1. The van der Waals surface area contributed by atoms with Gasteiger partial charge in [-0.1, -0.05) is 0 Å². The molecule has 0 aliphatic carbocycles. The fraction of sp³-hybridized carbons (Fsp3) is 0.300. The Bertz CT molecular complexity index is 1130. The van der Waals surface area contributed by atoms with Crippen molar-refractivity contribution in [1.29, 1.82) is 0 Å². The number of nitrogens with zero attached hydrogens (tertiary/aromatic N) is 2. The molecule has 2 heterocycles. The smallest absolute Gasteiger partial charge is 0.272 e. The monoisotopic (exact) mass is 435 g/mol. The number of sulfonamides is 1. The minimum Gasteiger partial charge on any atom is -0.497 e. The van der Waals surface area contributed by atoms with Crippen LogP contribution in [0.5, 0.6) is 5.75 Å². The van der Waals surface area contributed by atoms with Gasteiger partial charge in [-0.2, -0.15) is 4.31 Å². The quantitative estimate of drug-likeness (QED) is 0.797. The van der Waals surface area contributed by atoms with Gasteiger partial charge in [-0.3, -0.25) is 9.79 Å². The molecule has 158 valence electrons. The van der Waals surface area contributed by atoms with Crippen molar-refractivity contribution in [3.05, 3.63) is 59.7 Å². The average Bonchev–Trinajstić information content (AvgIpc) is 3.06. The second-order valence-corrected chi connectivity index (χ2v) is 9.09. The SMILES string of the molecule is COc1ccc(C2=NC3(CCN(S(=O)(=O)c4ccc(F)c(F)c4)CC3)NC2=O)cc1. The zero-order chi connectivity index (χ0) is 21.5. The normalized spacial score (nSPS) is 18.9. The first-order valence-electron chi connectivity index (χ1n) is 9.26. The van der Waals surface area contributed by atoms with Crippen LogP contribution in [0.1, 0.15) is 18.4 Å². The van der Waals surface area contributed by atoms with E-state index in [-0.39, 0.29) is 42.4 Å². The minimum atomic E-state index is -3.98. The Morgan fingerprint density at radius 1 is 1.07 bits per heavy atom. The van der Waals surface area contributed by atoms with Crippen LogP contribution in [0.15, 0.2) is 52.4 Å². The van der Waals surface area contributed by atoms with Crippen molar-refractivity contribution in [3.63, 3.8) is 0 Å². The average molecular weight is 435 g/mol. The molecule has 1 spiro atoms. The molecule has 4 rings (SSSR count). The Balaban J connectivity index is 1.52. The molecule has 1 fully saturated rings. The third-order valence-corrected chi connectivity index (χ3v) is 7.22. The number of ether oxygens (including phenoxy) is 1. The molecule has 0 aromatic heterocycles. The maximum Gasteiger partial charge on any atom is 0.272 e. The number of methoxy groups -OCH3 is 1. The summed E-state index contributed by atoms with van der Waals surface area (Å²) in [6.45, 7) is 0.169. The number of carbonyl (C=O) groups excluding carboxylic acids is 1. The molecule has 0 saturated carbocycles. The standard InChI is InChI=1S/C20H19F2N3O4S/c1-29-14-4-2-13(3-5-14)18-19(26)24-20(23-18)8-10-25(11-9-20)30(27,28)15-6-7-16(21)17(22)12-15/h2-7,12H,8-11H2,1H3,(H,24,26). The van der Waals surface area contributed by atoms with Crippen LogP contribution in [0.4, 0.5) is 8.78 Å². The Morgan fingerprint density at radius 2 is 1.73 bits per heavy atom. The van der Waals surface area contributed by atoms with Crippen LogP contribution in [0.3, 0.4) is 0 Å². The highest BCUT2D eigenvalue weighted by molar-refractivity contribution is 7.89. The summed E-state index contributed by atoms with van der Waals surface area (Å²) in [5.74, 6) is -2.00. The van der Waals surface area contributed by atoms with Crippen LogP contribution in [0.2, 0.25) is 0 Å². The van der Waals surface area contributed by atoms with Crippen LogP contribution in [-0.4, -0.2) is 50.2 Å². The molecule has 10 heteroatoms. The summed E-state index contributed by atoms with van der Waals surface area (Å²) in [6.07, 6.45) is 0.530. The topological polar surface area (TPSA) is 88.1 Å². The maximum absolute atomic E-state index is 13.5. The Kier molecular flexibility index (Phi) is 5.07. The third kappa shape index (κ3) is 3.56. The number of amides is 1. The van der Waals surface area contributed by atoms with E-state index in [2.05, 4.69) is 10.3 Å². The van der Waals surface area contributed by atoms with E-state index in [4.69, 9.17) is 4.74 Å². The molecule has 2 aliphatic heterocycles. The Labute approximate surface area is 172 Å². The highest BCUT2D eigenvalue weighted by Gasteiger charge is 2.44. The van der Waals surface area contributed by atoms with Crippen LogP contribution in [-0.2, 0) is 14.8 Å². The van der Waals surface area contributed by atoms with Crippen molar-refractivity contribution in [1.82, 2.24) is 9.62 Å². The summed E-state index contributed by atoms with van der Waals surface area (Å²) in [7, 11) is -2.44. The second-order valence-electron chi connectivity index (χ2n) is 7.15. The number of piperidine rings is 1. The lowest BCUT2D eigenvalue weighted by molar-refractivity contribution is -0.115. The van der Waals surface area contributed by atoms with E-state index in [1.165, 1.54) is 4.31 Å². The van der Waals surface area contributed by atoms with Gasteiger partial charge >= 0.3 is 0 Å². The van der Waals surface area contributed by atoms with Gasteiger partial charge in [0.1, 0.15) is 17.1 Å². The van der Waals surface area contributed by atoms with Crippen LogP contribution >= 0.6 is 0 Å². The summed E-state index contributed by atoms with van der Waals surface area (Å²) in [6, 6.07) is 9.43. The van der Waals surface area contributed by atoms with Crippen LogP contribution < -0.4 is 10.1 Å². The molecule has 30 heavy (non-hydrogen) atoms. The van der Waals surface area contributed by atoms with Crippen molar-refractivity contribution in [3.8, 4) is 5.75 Å². The number of nitrogens with one attached hydrogen (secondary N) is 1. The summed E-state index contributed by atoms with van der Waals surface area (Å²) < 4.78 is 58.5. The number of hydrogen-bond acceptors (Lipinski definition) is 5. The van der Waals surface area contributed by atoms with Crippen molar-refractivity contribution < 1.29 is 26.7 Å². The van der Waals surface area contributed by atoms with Crippen molar-refractivity contribution in [2.24, 2.45) is 4.99 Å². The maximum atomic E-state index is 13.5. The number of rotatable bonds is 4. The van der Waals surface area contributed by atoms with E-state index in [0.29, 0.717) is 17.4 Å². The Morgan fingerprint density at radius 3 is 2.33 bits per heavy atom. The van der Waals surface area contributed by atoms with E-state index in [0.717, 1.165) is 12.1 Å². The van der Waals surface area contributed by atoms with Gasteiger partial charge in [0.15, 0.2) is 11.6 Å². The molecule has 0 bridgehead atoms. The Hall–Kier alpha value is -2.85. The highest BCUT2D eigenvalue weighted by atomic mass is 32.2. The molecule has 1 saturated heterocycles. The highest BCUT2D eigenvalue weighted by Crippen LogP contribution is 2.32. The van der Waals surface area contributed by atoms with E-state index < -0.39 is 27.3 Å². The molecular formula is C20H19F2N3O4S. The first-order valence-corrected chi connectivity index (χ1v) is 10.7. The lowest BCUT2D eigenvalue weighted by Crippen LogP contribution is -2.52. The van der Waals surface area contributed by atoms with Gasteiger partial charge in [-0.15, -0.1) is 0 Å². The molecule has 2 aromatic rings. The molecule has 1 amide bonds. The fourth-order valence-electron chi connectivity index (χ4n) is 3.63. The second kappa shape index (κ2) is 7.44. The molecule has 0 atom stereocenters. The molecule has 2 aliphatic rings. The summed E-state index contributed by atoms with van der Waals surface area (Å²) in [5.41, 5.74) is 0.0449. The van der Waals surface area contributed by atoms with Crippen molar-refractivity contribution in [2.45, 2.75) is 23.4 Å². The van der Waals surface area contributed by atoms with Crippen molar-refractivity contribution in [2.75, 3.05) is 20.2 Å². The van der Waals surface area contributed by atoms with Gasteiger partial charge in [0, 0.05) is 31.5 Å². The van der Waals surface area contributed by atoms with Crippen LogP contribution in [0.25, 0.3) is 0 Å². The summed E-state index contributed by atoms with van der Waals surface area (Å²) in [5, 5.41) is 2.87. The van der Waals surface area contributed by atoms with E-state index in [9.17, 15) is 22.0 Å². The van der Waals surface area contributed by atoms with E-state index in [1.54, 1.807) is 31.4 Å². The number of benzene rings is 2. The van der Waals surface area contributed by atoms with E-state index >= 15 is 0 Å². The number of hydrogen-bond donors (Lipinski definition) is 1. The molecule has 2 aromatic carbocycles. The number of carbonyl (C=O) groups is 1. The van der Waals surface area contributed by atoms with Gasteiger partial charge in [-0.25, -0.2) is 17.2 Å². The first kappa shape index (κ1) is 20.4. The largest absolute Gasteiger partial charge is 0.497 e. The predicted molar refractivity (Wildman–Crippen MR) is 105 cm³/mol. The molecule has 0 unspecified atom stereocenters. The molecule has 1 N–H and O–H groups in total. The van der Waals surface area contributed by atoms with Gasteiger partial charge in [0.25, 0.3) is 5.91 Å². The minimum absolute atomic E-state index is 0.0843. The van der Waals surface area contributed by atoms with Gasteiger partial charge in [0.05, 0.1) is 12.0 Å². The van der Waals surface area contributed by atoms with Gasteiger partial charge < -0.3 is 10.1 Å². The fourth-order valence-corrected chi connectivity index (χ4v) is 5.08. The lowest BCUT2D eigenvalue weighted by atomic mass is 10.00. The lowest BCUT2D eigenvalue weighted by Gasteiger charge is -2.36. The number of halogens is 2. The third-order valence-electron chi connectivity index (χ3n) is 5.33. The molecule has 0 radical (unpaired) electrons. The number of aliphatic imine (C=N–C) groups is 1. The summed E-state index contributed by atoms with van der Waals surface area (Å²) >= 11 is 0. The van der Waals surface area contributed by atoms with Gasteiger partial charge in [-0.05, 0) is 42.5 Å². The van der Waals surface area contributed by atoms with Gasteiger partial charge in [0.2, 0.25) is 10.0 Å². The predicted octanol–water partition coefficient (Wildman–Crippen LogP) is 2.07.